The van der Waals surface area contributed by atoms with Gasteiger partial charge < -0.3 is 14.9 Å². The lowest BCUT2D eigenvalue weighted by Crippen LogP contribution is -2.58. The molecule has 37 heavy (non-hydrogen) atoms. The molecule has 4 fully saturated rings. The number of hydrogen-bond donors (Lipinski definition) is 2. The summed E-state index contributed by atoms with van der Waals surface area (Å²) < 4.78 is 5.47. The third kappa shape index (κ3) is 4.11. The van der Waals surface area contributed by atoms with Crippen LogP contribution in [0.3, 0.4) is 0 Å². The molecule has 2 N–H and O–H groups in total. The number of methoxy groups -OCH3 is 1. The average Bonchev–Trinajstić information content (AvgIpc) is 3.25. The minimum atomic E-state index is -0.199. The fourth-order valence-electron chi connectivity index (χ4n) is 10.1. The topological polar surface area (TPSA) is 75.5 Å². The summed E-state index contributed by atoms with van der Waals surface area (Å²) in [5.74, 6) is 5.23. The molecule has 0 spiro atoms. The second-order valence-electron chi connectivity index (χ2n) is 13.6. The monoisotopic (exact) mass is 506 g/mol. The number of rotatable bonds is 5. The van der Waals surface area contributed by atoms with Gasteiger partial charge in [0.25, 0.3) is 0 Å². The third-order valence-electron chi connectivity index (χ3n) is 12.1. The quantitative estimate of drug-likeness (QED) is 0.505. The predicted molar refractivity (Wildman–Crippen MR) is 146 cm³/mol. The van der Waals surface area contributed by atoms with Crippen molar-refractivity contribution in [1.29, 1.82) is 0 Å². The first kappa shape index (κ1) is 25.6. The van der Waals surface area contributed by atoms with E-state index in [1.165, 1.54) is 25.7 Å². The molecule has 0 saturated heterocycles. The van der Waals surface area contributed by atoms with E-state index in [1.54, 1.807) is 7.11 Å². The van der Waals surface area contributed by atoms with Gasteiger partial charge in [-0.1, -0.05) is 26.8 Å². The summed E-state index contributed by atoms with van der Waals surface area (Å²) in [4.78, 5) is 9.54. The van der Waals surface area contributed by atoms with Crippen LogP contribution in [0.1, 0.15) is 84.4 Å². The van der Waals surface area contributed by atoms with E-state index < -0.39 is 0 Å². The summed E-state index contributed by atoms with van der Waals surface area (Å²) in [6, 6.07) is 6.00. The van der Waals surface area contributed by atoms with Gasteiger partial charge in [0.1, 0.15) is 11.6 Å². The molecule has 6 rings (SSSR count). The number of hydrogen-bond acceptors (Lipinski definition) is 5. The molecule has 1 heterocycles. The van der Waals surface area contributed by atoms with E-state index in [0.29, 0.717) is 46.3 Å². The van der Waals surface area contributed by atoms with Gasteiger partial charge in [0.2, 0.25) is 0 Å². The fraction of sp³-hybridized carbons (Fsp3) is 0.750. The molecule has 1 aromatic carbocycles. The summed E-state index contributed by atoms with van der Waals surface area (Å²) in [6.07, 6.45) is 12.5. The zero-order valence-corrected chi connectivity index (χ0v) is 23.2. The molecule has 4 saturated carbocycles. The Labute approximate surface area is 222 Å². The molecule has 202 valence electrons. The van der Waals surface area contributed by atoms with Gasteiger partial charge in [0.05, 0.1) is 30.2 Å². The number of fused-ring (bicyclic) bond motifs is 6. The molecule has 1 aromatic heterocycles. The zero-order valence-electron chi connectivity index (χ0n) is 23.2. The highest BCUT2D eigenvalue weighted by Gasteiger charge is 2.62. The van der Waals surface area contributed by atoms with E-state index in [1.807, 2.05) is 24.4 Å². The highest BCUT2D eigenvalue weighted by molar-refractivity contribution is 5.84. The van der Waals surface area contributed by atoms with Gasteiger partial charge in [-0.2, -0.15) is 0 Å². The molecule has 1 unspecified atom stereocenters. The molecule has 4 aliphatic rings. The molecule has 5 nitrogen and oxygen atoms in total. The van der Waals surface area contributed by atoms with Crippen LogP contribution in [0, 0.1) is 46.3 Å². The summed E-state index contributed by atoms with van der Waals surface area (Å²) in [6.45, 7) is 7.52. The second kappa shape index (κ2) is 9.48. The Morgan fingerprint density at radius 3 is 2.62 bits per heavy atom. The standard InChI is InChI=1S/C32H46N2O3/c1-19(8-11-29-33-18-22-26(34-29)6-5-7-28(22)37-4)23-9-10-24-30-25(13-15-32(23,24)3)31(2)14-12-21(35)16-20(31)17-27(30)36/h5-7,18-21,23-25,27,30,35-36H,8-17H2,1-4H3/t19-,20+,21-,23-,24+,25?,27-,30+,31+,32-/m1/s1. The van der Waals surface area contributed by atoms with Crippen molar-refractivity contribution in [3.8, 4) is 5.75 Å². The van der Waals surface area contributed by atoms with Crippen molar-refractivity contribution >= 4 is 10.9 Å². The SMILES string of the molecule is COc1cccc2nc(CC[C@@H](C)[C@H]3CC[C@H]4[C@H]5C(CC[C@]34C)[C@@]3(C)CC[C@@H](O)C[C@H]3C[C@H]5O)ncc12. The molecule has 0 amide bonds. The van der Waals surface area contributed by atoms with Crippen molar-refractivity contribution in [2.75, 3.05) is 7.11 Å². The van der Waals surface area contributed by atoms with Crippen LogP contribution in [0.4, 0.5) is 0 Å². The van der Waals surface area contributed by atoms with Crippen LogP contribution in [-0.4, -0.2) is 39.5 Å². The Balaban J connectivity index is 1.16. The smallest absolute Gasteiger partial charge is 0.129 e. The minimum absolute atomic E-state index is 0.166. The van der Waals surface area contributed by atoms with E-state index in [-0.39, 0.29) is 12.2 Å². The maximum absolute atomic E-state index is 11.5. The largest absolute Gasteiger partial charge is 0.496 e. The summed E-state index contributed by atoms with van der Waals surface area (Å²) in [5, 5.41) is 22.8. The lowest BCUT2D eigenvalue weighted by molar-refractivity contribution is -0.174. The van der Waals surface area contributed by atoms with Crippen LogP contribution in [0.5, 0.6) is 5.75 Å². The van der Waals surface area contributed by atoms with Crippen LogP contribution in [0.15, 0.2) is 24.4 Å². The summed E-state index contributed by atoms with van der Waals surface area (Å²) in [5.41, 5.74) is 1.57. The number of aliphatic hydroxyl groups excluding tert-OH is 2. The Kier molecular flexibility index (Phi) is 6.55. The number of benzene rings is 1. The minimum Gasteiger partial charge on any atom is -0.496 e. The van der Waals surface area contributed by atoms with E-state index in [0.717, 1.165) is 61.0 Å². The van der Waals surface area contributed by atoms with Gasteiger partial charge >= 0.3 is 0 Å². The van der Waals surface area contributed by atoms with Gasteiger partial charge in [-0.25, -0.2) is 9.97 Å². The molecule has 10 atom stereocenters. The molecular formula is C32H46N2O3. The number of ether oxygens (including phenoxy) is 1. The van der Waals surface area contributed by atoms with Gasteiger partial charge in [0.15, 0.2) is 0 Å². The van der Waals surface area contributed by atoms with Crippen molar-refractivity contribution in [2.45, 2.75) is 97.2 Å². The third-order valence-corrected chi connectivity index (χ3v) is 12.1. The van der Waals surface area contributed by atoms with Crippen molar-refractivity contribution in [2.24, 2.45) is 46.3 Å². The highest BCUT2D eigenvalue weighted by atomic mass is 16.5. The molecule has 5 heteroatoms. The Morgan fingerprint density at radius 2 is 1.81 bits per heavy atom. The number of aromatic nitrogens is 2. The predicted octanol–water partition coefficient (Wildman–Crippen LogP) is 6.20. The van der Waals surface area contributed by atoms with Gasteiger partial charge in [-0.3, -0.25) is 0 Å². The van der Waals surface area contributed by atoms with Crippen LogP contribution >= 0.6 is 0 Å². The van der Waals surface area contributed by atoms with Crippen molar-refractivity contribution < 1.29 is 14.9 Å². The lowest BCUT2D eigenvalue weighted by Gasteiger charge is -2.62. The Bertz CT molecular complexity index is 1140. The van der Waals surface area contributed by atoms with Crippen molar-refractivity contribution in [3.05, 3.63) is 30.2 Å². The molecule has 4 aliphatic carbocycles. The average molecular weight is 507 g/mol. The first-order valence-corrected chi connectivity index (χ1v) is 14.9. The second-order valence-corrected chi connectivity index (χ2v) is 13.6. The van der Waals surface area contributed by atoms with Gasteiger partial charge in [0, 0.05) is 12.6 Å². The summed E-state index contributed by atoms with van der Waals surface area (Å²) >= 11 is 0. The first-order valence-electron chi connectivity index (χ1n) is 14.9. The van der Waals surface area contributed by atoms with E-state index in [4.69, 9.17) is 9.72 Å². The molecule has 0 bridgehead atoms. The number of nitrogens with zero attached hydrogens (tertiary/aromatic N) is 2. The van der Waals surface area contributed by atoms with Crippen LogP contribution in [-0.2, 0) is 6.42 Å². The van der Waals surface area contributed by atoms with Gasteiger partial charge in [-0.05, 0) is 116 Å². The first-order chi connectivity index (χ1) is 17.7. The molecule has 2 aromatic rings. The molecular weight excluding hydrogens is 460 g/mol. The van der Waals surface area contributed by atoms with Gasteiger partial charge in [-0.15, -0.1) is 0 Å². The molecule has 0 radical (unpaired) electrons. The van der Waals surface area contributed by atoms with E-state index in [9.17, 15) is 10.2 Å². The fourth-order valence-corrected chi connectivity index (χ4v) is 10.1. The summed E-state index contributed by atoms with van der Waals surface area (Å²) in [7, 11) is 1.69. The van der Waals surface area contributed by atoms with Crippen LogP contribution < -0.4 is 4.74 Å². The highest BCUT2D eigenvalue weighted by Crippen LogP contribution is 2.68. The number of aliphatic hydroxyl groups is 2. The lowest BCUT2D eigenvalue weighted by atomic mass is 9.43. The number of aryl methyl sites for hydroxylation is 1. The van der Waals surface area contributed by atoms with Crippen LogP contribution in [0.2, 0.25) is 0 Å². The molecule has 0 aliphatic heterocycles. The maximum atomic E-state index is 11.5. The van der Waals surface area contributed by atoms with Crippen molar-refractivity contribution in [3.63, 3.8) is 0 Å². The maximum Gasteiger partial charge on any atom is 0.129 e. The Morgan fingerprint density at radius 1 is 1.03 bits per heavy atom. The zero-order chi connectivity index (χ0) is 25.9. The van der Waals surface area contributed by atoms with E-state index >= 15 is 0 Å². The van der Waals surface area contributed by atoms with Crippen molar-refractivity contribution in [1.82, 2.24) is 9.97 Å². The normalized spacial score (nSPS) is 42.1. The van der Waals surface area contributed by atoms with E-state index in [2.05, 4.69) is 25.8 Å². The Hall–Kier alpha value is -1.72. The van der Waals surface area contributed by atoms with Crippen LogP contribution in [0.25, 0.3) is 10.9 Å².